The third-order valence-electron chi connectivity index (χ3n) is 1.32. The molecule has 0 aliphatic carbocycles. The third kappa shape index (κ3) is 1.57. The Morgan fingerprint density at radius 1 is 1.42 bits per heavy atom. The summed E-state index contributed by atoms with van der Waals surface area (Å²) < 4.78 is 0. The lowest BCUT2D eigenvalue weighted by Crippen LogP contribution is -1.97. The molecule has 0 aromatic heterocycles. The van der Waals surface area contributed by atoms with E-state index >= 15 is 0 Å². The van der Waals surface area contributed by atoms with Gasteiger partial charge in [0.2, 0.25) is 0 Å². The Kier molecular flexibility index (Phi) is 2.35. The molecule has 0 spiro atoms. The molecule has 0 bridgehead atoms. The fourth-order valence-corrected chi connectivity index (χ4v) is 0.978. The quantitative estimate of drug-likeness (QED) is 0.518. The summed E-state index contributed by atoms with van der Waals surface area (Å²) in [5, 5.41) is 9.63. The molecule has 0 N–H and O–H groups in total. The van der Waals surface area contributed by atoms with E-state index in [4.69, 9.17) is 0 Å². The van der Waals surface area contributed by atoms with E-state index in [0.29, 0.717) is 0 Å². The molecule has 0 saturated heterocycles. The first-order valence-corrected chi connectivity index (χ1v) is 3.48. The highest BCUT2D eigenvalue weighted by atomic mass is 32.1. The Hall–Kier alpha value is -1.49. The van der Waals surface area contributed by atoms with Gasteiger partial charge in [-0.05, 0) is 18.7 Å². The monoisotopic (exact) mass is 182 g/mol. The fourth-order valence-electron chi connectivity index (χ4n) is 0.805. The minimum atomic E-state index is -0.706. The van der Waals surface area contributed by atoms with E-state index in [1.165, 1.54) is 24.3 Å². The first kappa shape index (κ1) is 8.61. The molecule has 0 amide bonds. The standard InChI is InChI=1S/C7H4NO3S/c9-7(12)5-3-1-2-4-6(5)8(10)11/h1-4H. The molecule has 5 heteroatoms. The van der Waals surface area contributed by atoms with Crippen LogP contribution in [0.15, 0.2) is 24.3 Å². The molecule has 4 nitrogen and oxygen atoms in total. The molecule has 0 aliphatic heterocycles. The van der Waals surface area contributed by atoms with Crippen LogP contribution < -0.4 is 0 Å². The lowest BCUT2D eigenvalue weighted by Gasteiger charge is -1.94. The van der Waals surface area contributed by atoms with Gasteiger partial charge in [-0.3, -0.25) is 14.9 Å². The summed E-state index contributed by atoms with van der Waals surface area (Å²) in [5.74, 6) is 0. The van der Waals surface area contributed by atoms with Crippen molar-refractivity contribution in [2.24, 2.45) is 0 Å². The van der Waals surface area contributed by atoms with Gasteiger partial charge in [0.1, 0.15) is 5.56 Å². The average molecular weight is 182 g/mol. The van der Waals surface area contributed by atoms with E-state index in [1.807, 2.05) is 0 Å². The molecule has 0 unspecified atom stereocenters. The number of nitro benzene ring substituents is 1. The summed E-state index contributed by atoms with van der Waals surface area (Å²) in [6, 6.07) is 5.61. The molecule has 0 heterocycles. The maximum absolute atomic E-state index is 10.7. The van der Waals surface area contributed by atoms with Gasteiger partial charge in [-0.2, -0.15) is 0 Å². The van der Waals surface area contributed by atoms with Crippen molar-refractivity contribution in [1.82, 2.24) is 0 Å². The minimum Gasteiger partial charge on any atom is -0.276 e. The zero-order valence-corrected chi connectivity index (χ0v) is 6.71. The zero-order chi connectivity index (χ0) is 9.14. The molecular formula is C7H4NO3S. The van der Waals surface area contributed by atoms with Crippen LogP contribution in [-0.4, -0.2) is 10.0 Å². The van der Waals surface area contributed by atoms with Gasteiger partial charge in [-0.15, -0.1) is 0 Å². The van der Waals surface area contributed by atoms with Crippen molar-refractivity contribution in [3.8, 4) is 0 Å². The first-order chi connectivity index (χ1) is 5.63. The van der Waals surface area contributed by atoms with Crippen molar-refractivity contribution in [3.63, 3.8) is 0 Å². The van der Waals surface area contributed by atoms with Crippen molar-refractivity contribution in [1.29, 1.82) is 0 Å². The molecule has 1 radical (unpaired) electrons. The van der Waals surface area contributed by atoms with Crippen LogP contribution in [-0.2, 0) is 0 Å². The van der Waals surface area contributed by atoms with Gasteiger partial charge in [-0.25, -0.2) is 0 Å². The SMILES string of the molecule is O=C([S])c1ccccc1[N+](=O)[O-]. The van der Waals surface area contributed by atoms with Gasteiger partial charge < -0.3 is 0 Å². The van der Waals surface area contributed by atoms with Crippen LogP contribution in [0.2, 0.25) is 0 Å². The number of nitrogens with zero attached hydrogens (tertiary/aromatic N) is 1. The van der Waals surface area contributed by atoms with Crippen molar-refractivity contribution < 1.29 is 9.72 Å². The van der Waals surface area contributed by atoms with Crippen molar-refractivity contribution in [2.45, 2.75) is 0 Å². The fraction of sp³-hybridized carbons (Fsp3) is 0. The number of hydrogen-bond acceptors (Lipinski definition) is 3. The van der Waals surface area contributed by atoms with Crippen molar-refractivity contribution in [3.05, 3.63) is 39.9 Å². The molecule has 0 saturated carbocycles. The highest BCUT2D eigenvalue weighted by molar-refractivity contribution is 7.97. The van der Waals surface area contributed by atoms with Crippen LogP contribution in [0, 0.1) is 10.1 Å². The molecule has 1 aromatic carbocycles. The van der Waals surface area contributed by atoms with Gasteiger partial charge in [-0.1, -0.05) is 12.1 Å². The molecule has 12 heavy (non-hydrogen) atoms. The van der Waals surface area contributed by atoms with Crippen LogP contribution in [0.4, 0.5) is 5.69 Å². The van der Waals surface area contributed by atoms with Crippen LogP contribution in [0.1, 0.15) is 10.4 Å². The van der Waals surface area contributed by atoms with Crippen molar-refractivity contribution in [2.75, 3.05) is 0 Å². The number of benzene rings is 1. The third-order valence-corrected chi connectivity index (χ3v) is 1.54. The zero-order valence-electron chi connectivity index (χ0n) is 5.89. The van der Waals surface area contributed by atoms with Gasteiger partial charge in [0.15, 0.2) is 0 Å². The minimum absolute atomic E-state index is 0.0301. The highest BCUT2D eigenvalue weighted by Crippen LogP contribution is 2.18. The summed E-state index contributed by atoms with van der Waals surface area (Å²) in [5.41, 5.74) is -0.269. The second kappa shape index (κ2) is 3.27. The van der Waals surface area contributed by atoms with E-state index in [0.717, 1.165) is 0 Å². The summed E-state index contributed by atoms with van der Waals surface area (Å²) in [7, 11) is 0. The van der Waals surface area contributed by atoms with Crippen LogP contribution in [0.25, 0.3) is 0 Å². The van der Waals surface area contributed by atoms with E-state index in [9.17, 15) is 14.9 Å². The Labute approximate surface area is 73.8 Å². The number of rotatable bonds is 2. The summed E-state index contributed by atoms with van der Waals surface area (Å²) in [6.07, 6.45) is 0. The maximum atomic E-state index is 10.7. The number of carbonyl (C=O) groups is 1. The second-order valence-electron chi connectivity index (χ2n) is 2.06. The Bertz CT molecular complexity index is 304. The molecule has 0 aliphatic rings. The van der Waals surface area contributed by atoms with Crippen LogP contribution >= 0.6 is 12.6 Å². The van der Waals surface area contributed by atoms with Gasteiger partial charge in [0, 0.05) is 6.07 Å². The lowest BCUT2D eigenvalue weighted by molar-refractivity contribution is -0.385. The van der Waals surface area contributed by atoms with Crippen molar-refractivity contribution >= 4 is 23.4 Å². The van der Waals surface area contributed by atoms with Gasteiger partial charge in [0.05, 0.1) is 4.92 Å². The molecule has 61 valence electrons. The normalized spacial score (nSPS) is 9.33. The van der Waals surface area contributed by atoms with E-state index in [2.05, 4.69) is 12.6 Å². The highest BCUT2D eigenvalue weighted by Gasteiger charge is 2.16. The summed E-state index contributed by atoms with van der Waals surface area (Å²) in [4.78, 5) is 20.4. The predicted molar refractivity (Wildman–Crippen MR) is 45.0 cm³/mol. The number of carbonyl (C=O) groups excluding carboxylic acids is 1. The Balaban J connectivity index is 3.27. The first-order valence-electron chi connectivity index (χ1n) is 3.07. The molecule has 1 aromatic rings. The number of nitro groups is 1. The summed E-state index contributed by atoms with van der Waals surface area (Å²) >= 11 is 4.31. The van der Waals surface area contributed by atoms with E-state index in [1.54, 1.807) is 0 Å². The van der Waals surface area contributed by atoms with Gasteiger partial charge >= 0.3 is 0 Å². The van der Waals surface area contributed by atoms with Gasteiger partial charge in [0.25, 0.3) is 10.8 Å². The predicted octanol–water partition coefficient (Wildman–Crippen LogP) is 1.93. The average Bonchev–Trinajstić information content (AvgIpc) is 2.04. The largest absolute Gasteiger partial charge is 0.281 e. The molecule has 1 rings (SSSR count). The maximum Gasteiger partial charge on any atom is 0.281 e. The van der Waals surface area contributed by atoms with E-state index in [-0.39, 0.29) is 11.3 Å². The molecule has 0 atom stereocenters. The van der Waals surface area contributed by atoms with Crippen LogP contribution in [0.3, 0.4) is 0 Å². The number of para-hydroxylation sites is 1. The topological polar surface area (TPSA) is 60.2 Å². The number of hydrogen-bond donors (Lipinski definition) is 0. The molecular weight excluding hydrogens is 178 g/mol. The smallest absolute Gasteiger partial charge is 0.276 e. The Morgan fingerprint density at radius 3 is 2.42 bits per heavy atom. The van der Waals surface area contributed by atoms with E-state index < -0.39 is 10.0 Å². The van der Waals surface area contributed by atoms with Crippen LogP contribution in [0.5, 0.6) is 0 Å². The molecule has 0 fully saturated rings. The Morgan fingerprint density at radius 2 is 2.00 bits per heavy atom. The summed E-state index contributed by atoms with van der Waals surface area (Å²) in [6.45, 7) is 0. The second-order valence-corrected chi connectivity index (χ2v) is 2.43. The lowest BCUT2D eigenvalue weighted by atomic mass is 10.2.